The SMILES string of the molecule is CC1(C)C(=O)N(c2ccc(C#N)c(C(F)(F)F)c2)C(=O)N1Cc1ccc(C#N)cc1Nc1ccc(C(=O)O)cc1. The lowest BCUT2D eigenvalue weighted by Gasteiger charge is -2.28. The number of benzene rings is 3. The number of anilines is 3. The lowest BCUT2D eigenvalue weighted by Crippen LogP contribution is -2.43. The van der Waals surface area contributed by atoms with Crippen molar-refractivity contribution < 1.29 is 32.7 Å². The van der Waals surface area contributed by atoms with Crippen LogP contribution in [0, 0.1) is 22.7 Å². The van der Waals surface area contributed by atoms with Crippen LogP contribution in [0.2, 0.25) is 0 Å². The molecule has 1 saturated heterocycles. The van der Waals surface area contributed by atoms with Crippen molar-refractivity contribution in [1.29, 1.82) is 10.5 Å². The van der Waals surface area contributed by atoms with Crippen LogP contribution in [0.4, 0.5) is 35.0 Å². The highest BCUT2D eigenvalue weighted by Crippen LogP contribution is 2.39. The summed E-state index contributed by atoms with van der Waals surface area (Å²) in [5.41, 5.74) is -1.98. The highest BCUT2D eigenvalue weighted by Gasteiger charge is 2.52. The zero-order valence-corrected chi connectivity index (χ0v) is 21.1. The maximum atomic E-state index is 13.6. The zero-order valence-electron chi connectivity index (χ0n) is 21.1. The number of imide groups is 1. The van der Waals surface area contributed by atoms with E-state index in [-0.39, 0.29) is 23.4 Å². The number of nitriles is 2. The molecule has 0 bridgehead atoms. The maximum Gasteiger partial charge on any atom is 0.417 e. The van der Waals surface area contributed by atoms with E-state index >= 15 is 0 Å². The summed E-state index contributed by atoms with van der Waals surface area (Å²) in [7, 11) is 0. The summed E-state index contributed by atoms with van der Waals surface area (Å²) in [5, 5.41) is 30.7. The van der Waals surface area contributed by atoms with Crippen LogP contribution in [0.1, 0.15) is 46.5 Å². The molecule has 202 valence electrons. The molecule has 3 aromatic carbocycles. The third kappa shape index (κ3) is 5.02. The molecular formula is C28H20F3N5O4. The largest absolute Gasteiger partial charge is 0.478 e. The minimum absolute atomic E-state index is 0.0658. The molecule has 40 heavy (non-hydrogen) atoms. The monoisotopic (exact) mass is 547 g/mol. The quantitative estimate of drug-likeness (QED) is 0.381. The number of alkyl halides is 3. The van der Waals surface area contributed by atoms with E-state index in [1.165, 1.54) is 61.2 Å². The molecule has 1 heterocycles. The van der Waals surface area contributed by atoms with Crippen LogP contribution in [0.5, 0.6) is 0 Å². The van der Waals surface area contributed by atoms with Crippen LogP contribution in [0.3, 0.4) is 0 Å². The van der Waals surface area contributed by atoms with Gasteiger partial charge in [0.1, 0.15) is 5.54 Å². The van der Waals surface area contributed by atoms with Crippen LogP contribution in [0.25, 0.3) is 0 Å². The molecule has 1 fully saturated rings. The van der Waals surface area contributed by atoms with Gasteiger partial charge in [0.2, 0.25) is 0 Å². The van der Waals surface area contributed by atoms with Gasteiger partial charge in [0, 0.05) is 11.4 Å². The predicted octanol–water partition coefficient (Wildman–Crippen LogP) is 5.64. The first kappa shape index (κ1) is 27.7. The zero-order chi connectivity index (χ0) is 29.4. The second-order valence-electron chi connectivity index (χ2n) is 9.40. The number of amides is 3. The van der Waals surface area contributed by atoms with Gasteiger partial charge in [-0.1, -0.05) is 6.07 Å². The van der Waals surface area contributed by atoms with E-state index in [1.807, 2.05) is 6.07 Å². The van der Waals surface area contributed by atoms with Gasteiger partial charge in [0.05, 0.1) is 46.6 Å². The number of hydrogen-bond donors (Lipinski definition) is 2. The van der Waals surface area contributed by atoms with Gasteiger partial charge in [-0.3, -0.25) is 4.79 Å². The number of aromatic carboxylic acids is 1. The fourth-order valence-electron chi connectivity index (χ4n) is 4.25. The molecule has 0 atom stereocenters. The van der Waals surface area contributed by atoms with E-state index in [0.717, 1.165) is 12.1 Å². The van der Waals surface area contributed by atoms with Crippen LogP contribution in [-0.4, -0.2) is 33.5 Å². The standard InChI is InChI=1S/C28H20F3N5O4/c1-27(2)25(39)36(21-10-7-18(14-33)22(12-21)28(29,30)31)26(40)35(27)15-19-4-3-16(13-32)11-23(19)34-20-8-5-17(6-9-20)24(37)38/h3-12,34H,15H2,1-2H3,(H,37,38). The normalized spacial score (nSPS) is 14.6. The van der Waals surface area contributed by atoms with Gasteiger partial charge in [-0.15, -0.1) is 0 Å². The van der Waals surface area contributed by atoms with Crippen molar-refractivity contribution in [2.24, 2.45) is 0 Å². The number of hydrogen-bond acceptors (Lipinski definition) is 6. The smallest absolute Gasteiger partial charge is 0.417 e. The molecule has 9 nitrogen and oxygen atoms in total. The predicted molar refractivity (Wildman–Crippen MR) is 137 cm³/mol. The lowest BCUT2D eigenvalue weighted by molar-refractivity contribution is -0.137. The highest BCUT2D eigenvalue weighted by atomic mass is 19.4. The van der Waals surface area contributed by atoms with E-state index in [1.54, 1.807) is 6.07 Å². The van der Waals surface area contributed by atoms with Crippen LogP contribution >= 0.6 is 0 Å². The van der Waals surface area contributed by atoms with Crippen molar-refractivity contribution in [3.63, 3.8) is 0 Å². The average Bonchev–Trinajstić information content (AvgIpc) is 3.07. The molecule has 0 aliphatic carbocycles. The van der Waals surface area contributed by atoms with Crippen molar-refractivity contribution in [1.82, 2.24) is 4.90 Å². The first-order chi connectivity index (χ1) is 18.8. The Kier molecular flexibility index (Phi) is 6.97. The molecule has 0 saturated carbocycles. The summed E-state index contributed by atoms with van der Waals surface area (Å²) in [5.74, 6) is -1.87. The second kappa shape index (κ2) is 10.1. The lowest BCUT2D eigenvalue weighted by atomic mass is 10.0. The topological polar surface area (TPSA) is 138 Å². The van der Waals surface area contributed by atoms with Crippen molar-refractivity contribution >= 4 is 35.0 Å². The van der Waals surface area contributed by atoms with E-state index in [9.17, 15) is 32.8 Å². The number of carbonyl (C=O) groups excluding carboxylic acids is 2. The Morgan fingerprint density at radius 3 is 2.25 bits per heavy atom. The number of carboxylic acid groups (broad SMARTS) is 1. The molecule has 0 unspecified atom stereocenters. The molecule has 3 amide bonds. The summed E-state index contributed by atoms with van der Waals surface area (Å²) in [6, 6.07) is 15.6. The third-order valence-electron chi connectivity index (χ3n) is 6.49. The summed E-state index contributed by atoms with van der Waals surface area (Å²) in [4.78, 5) is 39.8. The number of nitrogens with one attached hydrogen (secondary N) is 1. The number of carboxylic acids is 1. The Morgan fingerprint density at radius 2 is 1.68 bits per heavy atom. The molecule has 2 N–H and O–H groups in total. The summed E-state index contributed by atoms with van der Waals surface area (Å²) < 4.78 is 40.7. The molecule has 4 rings (SSSR count). The molecule has 0 radical (unpaired) electrons. The van der Waals surface area contributed by atoms with Crippen LogP contribution in [0.15, 0.2) is 60.7 Å². The first-order valence-corrected chi connectivity index (χ1v) is 11.7. The molecule has 0 aromatic heterocycles. The average molecular weight is 547 g/mol. The van der Waals surface area contributed by atoms with Gasteiger partial charge >= 0.3 is 18.2 Å². The molecule has 1 aliphatic rings. The summed E-state index contributed by atoms with van der Waals surface area (Å²) >= 11 is 0. The van der Waals surface area contributed by atoms with E-state index < -0.39 is 40.7 Å². The van der Waals surface area contributed by atoms with Crippen molar-refractivity contribution in [2.75, 3.05) is 10.2 Å². The number of halogens is 3. The van der Waals surface area contributed by atoms with E-state index in [4.69, 9.17) is 10.4 Å². The molecule has 0 spiro atoms. The number of carbonyl (C=O) groups is 3. The fraction of sp³-hybridized carbons (Fsp3) is 0.179. The van der Waals surface area contributed by atoms with E-state index in [0.29, 0.717) is 27.9 Å². The Bertz CT molecular complexity index is 1620. The van der Waals surface area contributed by atoms with Gasteiger partial charge in [0.25, 0.3) is 5.91 Å². The summed E-state index contributed by atoms with van der Waals surface area (Å²) in [6.07, 6.45) is -4.88. The van der Waals surface area contributed by atoms with Gasteiger partial charge in [-0.25, -0.2) is 14.5 Å². The van der Waals surface area contributed by atoms with Crippen molar-refractivity contribution in [2.45, 2.75) is 32.1 Å². The Hall–Kier alpha value is -5.36. The minimum Gasteiger partial charge on any atom is -0.478 e. The van der Waals surface area contributed by atoms with Crippen LogP contribution < -0.4 is 10.2 Å². The summed E-state index contributed by atoms with van der Waals surface area (Å²) in [6.45, 7) is 2.77. The maximum absolute atomic E-state index is 13.6. The molecule has 3 aromatic rings. The molecular weight excluding hydrogens is 527 g/mol. The van der Waals surface area contributed by atoms with Gasteiger partial charge < -0.3 is 15.3 Å². The van der Waals surface area contributed by atoms with Gasteiger partial charge in [0.15, 0.2) is 0 Å². The van der Waals surface area contributed by atoms with E-state index in [2.05, 4.69) is 5.32 Å². The number of urea groups is 1. The minimum atomic E-state index is -4.88. The van der Waals surface area contributed by atoms with Crippen molar-refractivity contribution in [3.8, 4) is 12.1 Å². The fourth-order valence-corrected chi connectivity index (χ4v) is 4.25. The molecule has 1 aliphatic heterocycles. The Balaban J connectivity index is 1.70. The number of nitrogens with zero attached hydrogens (tertiary/aromatic N) is 4. The highest BCUT2D eigenvalue weighted by molar-refractivity contribution is 6.23. The molecule has 12 heteroatoms. The van der Waals surface area contributed by atoms with Crippen molar-refractivity contribution in [3.05, 3.63) is 88.5 Å². The first-order valence-electron chi connectivity index (χ1n) is 11.7. The van der Waals surface area contributed by atoms with Gasteiger partial charge in [-0.05, 0) is 74.0 Å². The van der Waals surface area contributed by atoms with Gasteiger partial charge in [-0.2, -0.15) is 23.7 Å². The number of rotatable bonds is 6. The Morgan fingerprint density at radius 1 is 1.00 bits per heavy atom. The Labute approximate surface area is 226 Å². The third-order valence-corrected chi connectivity index (χ3v) is 6.49. The second-order valence-corrected chi connectivity index (χ2v) is 9.40. The van der Waals surface area contributed by atoms with Crippen LogP contribution in [-0.2, 0) is 17.5 Å².